The first-order chi connectivity index (χ1) is 12.8. The van der Waals surface area contributed by atoms with Crippen molar-refractivity contribution in [3.05, 3.63) is 58.6 Å². The van der Waals surface area contributed by atoms with E-state index in [1.54, 1.807) is 12.1 Å². The van der Waals surface area contributed by atoms with Gasteiger partial charge in [-0.05, 0) is 74.2 Å². The van der Waals surface area contributed by atoms with E-state index in [9.17, 15) is 13.2 Å². The maximum absolute atomic E-state index is 12.9. The highest BCUT2D eigenvalue weighted by atomic mass is 35.5. The molecule has 1 saturated heterocycles. The van der Waals surface area contributed by atoms with Gasteiger partial charge >= 0.3 is 0 Å². The van der Waals surface area contributed by atoms with Gasteiger partial charge in [-0.1, -0.05) is 17.7 Å². The lowest BCUT2D eigenvalue weighted by Gasteiger charge is -2.31. The molecule has 1 amide bonds. The van der Waals surface area contributed by atoms with Crippen LogP contribution in [0, 0.1) is 19.8 Å². The Morgan fingerprint density at radius 1 is 1.11 bits per heavy atom. The number of nitrogens with zero attached hydrogens (tertiary/aromatic N) is 1. The van der Waals surface area contributed by atoms with Crippen LogP contribution in [0.15, 0.2) is 47.4 Å². The summed E-state index contributed by atoms with van der Waals surface area (Å²) in [6, 6.07) is 11.9. The second-order valence-electron chi connectivity index (χ2n) is 6.94. The fourth-order valence-electron chi connectivity index (χ4n) is 3.19. The van der Waals surface area contributed by atoms with Crippen LogP contribution >= 0.6 is 11.6 Å². The largest absolute Gasteiger partial charge is 0.326 e. The lowest BCUT2D eigenvalue weighted by atomic mass is 9.98. The molecular formula is C20H23ClN2O3S. The standard InChI is InChI=1S/C20H23ClN2O3S/c1-14-5-8-18(12-15(14)2)22-20(24)16-4-3-11-23(13-16)27(25,26)19-9-6-17(21)7-10-19/h5-10,12,16H,3-4,11,13H2,1-2H3,(H,22,24)/t16-/m1/s1. The lowest BCUT2D eigenvalue weighted by Crippen LogP contribution is -2.43. The summed E-state index contributed by atoms with van der Waals surface area (Å²) in [7, 11) is -3.64. The highest BCUT2D eigenvalue weighted by molar-refractivity contribution is 7.89. The van der Waals surface area contributed by atoms with E-state index in [0.717, 1.165) is 16.8 Å². The molecule has 27 heavy (non-hydrogen) atoms. The van der Waals surface area contributed by atoms with Crippen molar-refractivity contribution in [2.45, 2.75) is 31.6 Å². The molecule has 3 rings (SSSR count). The number of benzene rings is 2. The zero-order chi connectivity index (χ0) is 19.6. The Morgan fingerprint density at radius 3 is 2.48 bits per heavy atom. The molecule has 2 aromatic carbocycles. The van der Waals surface area contributed by atoms with Crippen molar-refractivity contribution in [3.8, 4) is 0 Å². The van der Waals surface area contributed by atoms with Gasteiger partial charge < -0.3 is 5.32 Å². The predicted octanol–water partition coefficient (Wildman–Crippen LogP) is 4.00. The topological polar surface area (TPSA) is 66.5 Å². The van der Waals surface area contributed by atoms with Crippen LogP contribution in [0.5, 0.6) is 0 Å². The summed E-state index contributed by atoms with van der Waals surface area (Å²) in [4.78, 5) is 12.9. The van der Waals surface area contributed by atoms with Crippen LogP contribution in [-0.2, 0) is 14.8 Å². The van der Waals surface area contributed by atoms with Gasteiger partial charge in [0, 0.05) is 23.8 Å². The smallest absolute Gasteiger partial charge is 0.243 e. The highest BCUT2D eigenvalue weighted by Crippen LogP contribution is 2.26. The number of amides is 1. The van der Waals surface area contributed by atoms with E-state index < -0.39 is 10.0 Å². The number of sulfonamides is 1. The summed E-state index contributed by atoms with van der Waals surface area (Å²) in [5.74, 6) is -0.517. The third-order valence-electron chi connectivity index (χ3n) is 4.98. The molecule has 5 nitrogen and oxygen atoms in total. The van der Waals surface area contributed by atoms with Gasteiger partial charge in [0.1, 0.15) is 0 Å². The van der Waals surface area contributed by atoms with E-state index in [-0.39, 0.29) is 23.3 Å². The molecule has 1 atom stereocenters. The Hall–Kier alpha value is -1.89. The molecule has 0 saturated carbocycles. The normalized spacial score (nSPS) is 18.3. The average Bonchev–Trinajstić information content (AvgIpc) is 2.65. The van der Waals surface area contributed by atoms with Crippen molar-refractivity contribution in [2.75, 3.05) is 18.4 Å². The molecule has 0 radical (unpaired) electrons. The quantitative estimate of drug-likeness (QED) is 0.834. The minimum absolute atomic E-state index is 0.144. The van der Waals surface area contributed by atoms with Gasteiger partial charge in [0.15, 0.2) is 0 Å². The van der Waals surface area contributed by atoms with Crippen LogP contribution in [0.25, 0.3) is 0 Å². The van der Waals surface area contributed by atoms with Crippen LogP contribution in [0.2, 0.25) is 5.02 Å². The molecule has 1 aliphatic rings. The number of halogens is 1. The molecule has 0 bridgehead atoms. The zero-order valence-electron chi connectivity index (χ0n) is 15.4. The second-order valence-corrected chi connectivity index (χ2v) is 9.32. The first-order valence-electron chi connectivity index (χ1n) is 8.91. The number of nitrogens with one attached hydrogen (secondary N) is 1. The van der Waals surface area contributed by atoms with Crippen LogP contribution in [-0.4, -0.2) is 31.7 Å². The van der Waals surface area contributed by atoms with Gasteiger partial charge in [-0.15, -0.1) is 0 Å². The van der Waals surface area contributed by atoms with Crippen LogP contribution in [0.3, 0.4) is 0 Å². The number of hydrogen-bond donors (Lipinski definition) is 1. The fourth-order valence-corrected chi connectivity index (χ4v) is 4.84. The fraction of sp³-hybridized carbons (Fsp3) is 0.350. The summed E-state index contributed by atoms with van der Waals surface area (Å²) < 4.78 is 27.1. The average molecular weight is 407 g/mol. The third kappa shape index (κ3) is 4.51. The molecule has 7 heteroatoms. The van der Waals surface area contributed by atoms with Crippen molar-refractivity contribution < 1.29 is 13.2 Å². The molecule has 0 aromatic heterocycles. The summed E-state index contributed by atoms with van der Waals surface area (Å²) in [6.07, 6.45) is 1.32. The Balaban J connectivity index is 1.72. The summed E-state index contributed by atoms with van der Waals surface area (Å²) in [5, 5.41) is 3.41. The monoisotopic (exact) mass is 406 g/mol. The van der Waals surface area contributed by atoms with Crippen LogP contribution in [0.1, 0.15) is 24.0 Å². The van der Waals surface area contributed by atoms with Gasteiger partial charge in [-0.25, -0.2) is 8.42 Å². The minimum atomic E-state index is -3.64. The molecule has 2 aromatic rings. The molecule has 144 valence electrons. The molecule has 1 aliphatic heterocycles. The van der Waals surface area contributed by atoms with Crippen LogP contribution in [0.4, 0.5) is 5.69 Å². The van der Waals surface area contributed by atoms with Crippen molar-refractivity contribution in [1.82, 2.24) is 4.31 Å². The summed E-state index contributed by atoms with van der Waals surface area (Å²) in [5.41, 5.74) is 3.00. The van der Waals surface area contributed by atoms with E-state index in [4.69, 9.17) is 11.6 Å². The first-order valence-corrected chi connectivity index (χ1v) is 10.7. The number of hydrogen-bond acceptors (Lipinski definition) is 3. The number of aryl methyl sites for hydroxylation is 2. The van der Waals surface area contributed by atoms with E-state index >= 15 is 0 Å². The predicted molar refractivity (Wildman–Crippen MR) is 107 cm³/mol. The first kappa shape index (κ1) is 19.9. The lowest BCUT2D eigenvalue weighted by molar-refractivity contribution is -0.120. The highest BCUT2D eigenvalue weighted by Gasteiger charge is 2.33. The third-order valence-corrected chi connectivity index (χ3v) is 7.11. The minimum Gasteiger partial charge on any atom is -0.326 e. The SMILES string of the molecule is Cc1ccc(NC(=O)[C@@H]2CCCN(S(=O)(=O)c3ccc(Cl)cc3)C2)cc1C. The Morgan fingerprint density at radius 2 is 1.81 bits per heavy atom. The summed E-state index contributed by atoms with van der Waals surface area (Å²) >= 11 is 5.85. The van der Waals surface area contributed by atoms with E-state index in [2.05, 4.69) is 5.32 Å². The maximum atomic E-state index is 12.9. The zero-order valence-corrected chi connectivity index (χ0v) is 17.0. The molecule has 1 N–H and O–H groups in total. The number of anilines is 1. The van der Waals surface area contributed by atoms with Crippen molar-refractivity contribution in [1.29, 1.82) is 0 Å². The molecule has 1 heterocycles. The van der Waals surface area contributed by atoms with Gasteiger partial charge in [0.25, 0.3) is 0 Å². The molecule has 0 aliphatic carbocycles. The molecule has 0 unspecified atom stereocenters. The Kier molecular flexibility index (Phi) is 5.89. The van der Waals surface area contributed by atoms with Crippen molar-refractivity contribution in [3.63, 3.8) is 0 Å². The van der Waals surface area contributed by atoms with Crippen LogP contribution < -0.4 is 5.32 Å². The van der Waals surface area contributed by atoms with E-state index in [1.165, 1.54) is 16.4 Å². The Bertz CT molecular complexity index is 942. The molecule has 1 fully saturated rings. The van der Waals surface area contributed by atoms with Gasteiger partial charge in [-0.3, -0.25) is 4.79 Å². The summed E-state index contributed by atoms with van der Waals surface area (Å²) in [6.45, 7) is 4.60. The van der Waals surface area contributed by atoms with Gasteiger partial charge in [0.2, 0.25) is 15.9 Å². The van der Waals surface area contributed by atoms with Gasteiger partial charge in [0.05, 0.1) is 10.8 Å². The van der Waals surface area contributed by atoms with E-state index in [1.807, 2.05) is 32.0 Å². The maximum Gasteiger partial charge on any atom is 0.243 e. The number of rotatable bonds is 4. The molecule has 0 spiro atoms. The van der Waals surface area contributed by atoms with Crippen molar-refractivity contribution in [2.24, 2.45) is 5.92 Å². The number of carbonyl (C=O) groups excluding carboxylic acids is 1. The second kappa shape index (κ2) is 8.00. The Labute approximate surface area is 165 Å². The number of piperidine rings is 1. The van der Waals surface area contributed by atoms with Gasteiger partial charge in [-0.2, -0.15) is 4.31 Å². The molecular weight excluding hydrogens is 384 g/mol. The number of carbonyl (C=O) groups is 1. The van der Waals surface area contributed by atoms with Crippen molar-refractivity contribution >= 4 is 33.2 Å². The van der Waals surface area contributed by atoms with E-state index in [0.29, 0.717) is 24.4 Å².